The smallest absolute Gasteiger partial charge is 0.291 e. The third kappa shape index (κ3) is 4.73. The minimum atomic E-state index is -3.97. The van der Waals surface area contributed by atoms with Gasteiger partial charge in [0.2, 0.25) is 10.0 Å². The van der Waals surface area contributed by atoms with Gasteiger partial charge < -0.3 is 10.2 Å². The molecule has 15 heteroatoms. The van der Waals surface area contributed by atoms with Crippen LogP contribution in [-0.4, -0.2) is 72.1 Å². The maximum Gasteiger partial charge on any atom is 0.291 e. The first kappa shape index (κ1) is 24.3. The van der Waals surface area contributed by atoms with Crippen molar-refractivity contribution in [3.05, 3.63) is 23.5 Å². The van der Waals surface area contributed by atoms with E-state index in [0.29, 0.717) is 35.4 Å². The predicted molar refractivity (Wildman–Crippen MR) is 122 cm³/mol. The van der Waals surface area contributed by atoms with Crippen LogP contribution in [0.2, 0.25) is 0 Å². The molecule has 0 aromatic carbocycles. The summed E-state index contributed by atoms with van der Waals surface area (Å²) in [5.41, 5.74) is 0.317. The van der Waals surface area contributed by atoms with Crippen LogP contribution in [0.4, 0.5) is 23.2 Å². The van der Waals surface area contributed by atoms with E-state index in [1.54, 1.807) is 11.8 Å². The molecule has 0 radical (unpaired) electrons. The molecular weight excluding hydrogens is 510 g/mol. The number of anilines is 1. The Balaban J connectivity index is 1.65. The third-order valence-electron chi connectivity index (χ3n) is 6.17. The van der Waals surface area contributed by atoms with Crippen LogP contribution in [0.3, 0.4) is 0 Å². The number of imidazole rings is 1. The summed E-state index contributed by atoms with van der Waals surface area (Å²) < 4.78 is 83.9. The van der Waals surface area contributed by atoms with E-state index in [9.17, 15) is 26.0 Å². The lowest BCUT2D eigenvalue weighted by Crippen LogP contribution is -2.58. The molecule has 2 atom stereocenters. The van der Waals surface area contributed by atoms with Gasteiger partial charge in [0.25, 0.3) is 6.43 Å². The maximum atomic E-state index is 13.5. The molecule has 9 nitrogen and oxygen atoms in total. The van der Waals surface area contributed by atoms with Crippen LogP contribution in [0.5, 0.6) is 0 Å². The predicted octanol–water partition coefficient (Wildman–Crippen LogP) is 2.71. The highest BCUT2D eigenvalue weighted by molar-refractivity contribution is 7.89. The number of halogens is 4. The van der Waals surface area contributed by atoms with Crippen molar-refractivity contribution in [3.63, 3.8) is 0 Å². The number of nitrogens with one attached hydrogen (secondary N) is 2. The molecule has 1 aliphatic heterocycles. The van der Waals surface area contributed by atoms with Crippen LogP contribution < -0.4 is 14.9 Å². The summed E-state index contributed by atoms with van der Waals surface area (Å²) in [6.07, 6.45) is 1.40. The van der Waals surface area contributed by atoms with Gasteiger partial charge in [0.1, 0.15) is 18.2 Å². The van der Waals surface area contributed by atoms with Gasteiger partial charge in [-0.3, -0.25) is 4.40 Å². The highest BCUT2D eigenvalue weighted by Crippen LogP contribution is 2.37. The van der Waals surface area contributed by atoms with E-state index in [2.05, 4.69) is 25.2 Å². The van der Waals surface area contributed by atoms with Gasteiger partial charge in [0.05, 0.1) is 29.5 Å². The molecule has 0 spiro atoms. The van der Waals surface area contributed by atoms with Crippen molar-refractivity contribution >= 4 is 32.6 Å². The molecule has 2 aliphatic rings. The Kier molecular flexibility index (Phi) is 6.22. The normalized spacial score (nSPS) is 22.3. The Hall–Kier alpha value is -2.36. The van der Waals surface area contributed by atoms with Crippen molar-refractivity contribution in [2.75, 3.05) is 31.3 Å². The lowest BCUT2D eigenvalue weighted by atomic mass is 10.1. The minimum absolute atomic E-state index is 0.0851. The summed E-state index contributed by atoms with van der Waals surface area (Å²) in [7, 11) is -3.97. The zero-order valence-electron chi connectivity index (χ0n) is 18.6. The molecule has 2 fully saturated rings. The number of fused-ring (bicyclic) bond motifs is 1. The molecule has 0 bridgehead atoms. The number of nitrogens with zero attached hydrogens (tertiary/aromatic N) is 5. The largest absolute Gasteiger partial charge is 0.366 e. The van der Waals surface area contributed by atoms with Gasteiger partial charge in [0, 0.05) is 24.8 Å². The van der Waals surface area contributed by atoms with E-state index in [0.717, 1.165) is 0 Å². The Morgan fingerprint density at radius 3 is 2.49 bits per heavy atom. The van der Waals surface area contributed by atoms with Crippen molar-refractivity contribution in [2.24, 2.45) is 0 Å². The fraction of sp³-hybridized carbons (Fsp3) is 0.550. The van der Waals surface area contributed by atoms with E-state index in [1.807, 2.05) is 0 Å². The summed E-state index contributed by atoms with van der Waals surface area (Å²) in [5, 5.41) is 9.80. The third-order valence-corrected chi connectivity index (χ3v) is 8.70. The van der Waals surface area contributed by atoms with Crippen LogP contribution in [0.1, 0.15) is 31.2 Å². The zero-order chi connectivity index (χ0) is 25.0. The highest BCUT2D eigenvalue weighted by atomic mass is 32.2. The number of hydrogen-bond acceptors (Lipinski definition) is 8. The summed E-state index contributed by atoms with van der Waals surface area (Å²) in [5.74, 6) is 0.138. The van der Waals surface area contributed by atoms with Gasteiger partial charge in [-0.15, -0.1) is 10.2 Å². The number of pyridine rings is 1. The number of sulfonamides is 1. The molecule has 1 aliphatic carbocycles. The first-order chi connectivity index (χ1) is 16.6. The van der Waals surface area contributed by atoms with E-state index >= 15 is 0 Å². The molecular formula is C20H23F4N7O2S2. The first-order valence-electron chi connectivity index (χ1n) is 10.9. The van der Waals surface area contributed by atoms with Crippen molar-refractivity contribution in [2.45, 2.75) is 48.7 Å². The zero-order valence-corrected chi connectivity index (χ0v) is 20.2. The van der Waals surface area contributed by atoms with Crippen LogP contribution >= 0.6 is 11.3 Å². The lowest BCUT2D eigenvalue weighted by molar-refractivity contribution is 0.150. The molecule has 5 rings (SSSR count). The molecule has 0 amide bonds. The van der Waals surface area contributed by atoms with E-state index in [4.69, 9.17) is 0 Å². The Bertz CT molecular complexity index is 1330. The van der Waals surface area contributed by atoms with Crippen molar-refractivity contribution < 1.29 is 26.0 Å². The number of alkyl halides is 4. The summed E-state index contributed by atoms with van der Waals surface area (Å²) in [6, 6.07) is 0.162. The molecule has 3 aromatic rings. The average Bonchev–Trinajstić information content (AvgIpc) is 3.21. The lowest BCUT2D eigenvalue weighted by Gasteiger charge is -2.38. The number of piperazine rings is 1. The molecule has 1 saturated heterocycles. The molecule has 3 aromatic heterocycles. The molecule has 35 heavy (non-hydrogen) atoms. The van der Waals surface area contributed by atoms with Gasteiger partial charge in [-0.1, -0.05) is 11.3 Å². The van der Waals surface area contributed by atoms with Crippen molar-refractivity contribution in [1.82, 2.24) is 29.6 Å². The average molecular weight is 534 g/mol. The quantitative estimate of drug-likeness (QED) is 0.429. The fourth-order valence-electron chi connectivity index (χ4n) is 4.13. The Labute approximate surface area is 202 Å². The van der Waals surface area contributed by atoms with Gasteiger partial charge >= 0.3 is 0 Å². The minimum Gasteiger partial charge on any atom is -0.366 e. The van der Waals surface area contributed by atoms with Crippen LogP contribution in [0, 0.1) is 0 Å². The van der Waals surface area contributed by atoms with E-state index in [-0.39, 0.29) is 28.8 Å². The number of rotatable bonds is 8. The molecule has 2 N–H and O–H groups in total. The molecule has 190 valence electrons. The molecule has 0 unspecified atom stereocenters. The summed E-state index contributed by atoms with van der Waals surface area (Å²) in [4.78, 5) is 5.93. The fourth-order valence-corrected chi connectivity index (χ4v) is 6.30. The van der Waals surface area contributed by atoms with Gasteiger partial charge in [-0.2, -0.15) is 0 Å². The second kappa shape index (κ2) is 8.94. The van der Waals surface area contributed by atoms with E-state index in [1.165, 1.54) is 22.9 Å². The second-order valence-corrected chi connectivity index (χ2v) is 11.8. The van der Waals surface area contributed by atoms with Crippen molar-refractivity contribution in [3.8, 4) is 10.8 Å². The van der Waals surface area contributed by atoms with Gasteiger partial charge in [-0.25, -0.2) is 35.7 Å². The van der Waals surface area contributed by atoms with Crippen LogP contribution in [-0.2, 0) is 10.0 Å². The standard InChI is InChI=1S/C20H23F4N7O2S2/c1-20(2-3-20)29-35(32,33)13-4-14(30-8-11(5-21)26-12(6-22)9-30)15-7-25-17(31(15)10-13)19-28-27-18(34-19)16(23)24/h4,7,10-12,16,26,29H,2-3,5-6,8-9H2,1H3/t11-,12-/m0/s1. The first-order valence-corrected chi connectivity index (χ1v) is 13.2. The van der Waals surface area contributed by atoms with Crippen LogP contribution in [0.25, 0.3) is 16.3 Å². The van der Waals surface area contributed by atoms with Gasteiger partial charge in [0.15, 0.2) is 15.8 Å². The maximum absolute atomic E-state index is 13.5. The Morgan fingerprint density at radius 1 is 1.23 bits per heavy atom. The summed E-state index contributed by atoms with van der Waals surface area (Å²) in [6.45, 7) is 0.686. The molecule has 4 heterocycles. The number of aromatic nitrogens is 4. The summed E-state index contributed by atoms with van der Waals surface area (Å²) >= 11 is 0.653. The topological polar surface area (TPSA) is 105 Å². The number of hydrogen-bond donors (Lipinski definition) is 2. The van der Waals surface area contributed by atoms with Crippen LogP contribution in [0.15, 0.2) is 23.4 Å². The van der Waals surface area contributed by atoms with Crippen molar-refractivity contribution in [1.29, 1.82) is 0 Å². The van der Waals surface area contributed by atoms with Gasteiger partial charge in [-0.05, 0) is 25.8 Å². The SMILES string of the molecule is CC1(NS(=O)(=O)c2cc(N3C[C@H](CF)N[C@@H](CF)C3)c3cnc(-c4nnc(C(F)F)s4)n3c2)CC1. The highest BCUT2D eigenvalue weighted by Gasteiger charge is 2.41. The monoisotopic (exact) mass is 533 g/mol. The second-order valence-electron chi connectivity index (χ2n) is 9.08. The van der Waals surface area contributed by atoms with E-state index < -0.39 is 52.4 Å². The molecule has 1 saturated carbocycles. The Morgan fingerprint density at radius 2 is 1.91 bits per heavy atom.